The maximum atomic E-state index is 12.5. The van der Waals surface area contributed by atoms with Gasteiger partial charge in [-0.3, -0.25) is 9.59 Å². The van der Waals surface area contributed by atoms with Crippen molar-refractivity contribution in [1.82, 2.24) is 4.90 Å². The van der Waals surface area contributed by atoms with Crippen molar-refractivity contribution in [3.05, 3.63) is 23.7 Å². The zero-order valence-electron chi connectivity index (χ0n) is 12.1. The molecular formula is C15H21NO4. The fraction of sp³-hybridized carbons (Fsp3) is 0.600. The molecule has 2 rings (SSSR count). The van der Waals surface area contributed by atoms with Crippen LogP contribution in [0.5, 0.6) is 0 Å². The topological polar surface area (TPSA) is 59.8 Å². The van der Waals surface area contributed by atoms with E-state index in [9.17, 15) is 9.59 Å². The van der Waals surface area contributed by atoms with E-state index in [4.69, 9.17) is 9.15 Å². The highest BCUT2D eigenvalue weighted by Crippen LogP contribution is 2.21. The predicted molar refractivity (Wildman–Crippen MR) is 73.3 cm³/mol. The highest BCUT2D eigenvalue weighted by molar-refractivity contribution is 5.95. The number of amides is 1. The number of likely N-dealkylation sites (tertiary alicyclic amines) is 1. The third-order valence-corrected chi connectivity index (χ3v) is 3.63. The van der Waals surface area contributed by atoms with Gasteiger partial charge in [-0.1, -0.05) is 6.92 Å². The molecule has 0 aliphatic carbocycles. The molecule has 5 heteroatoms. The van der Waals surface area contributed by atoms with Crippen molar-refractivity contribution in [2.75, 3.05) is 19.7 Å². The van der Waals surface area contributed by atoms with Gasteiger partial charge in [0, 0.05) is 19.5 Å². The Bertz CT molecular complexity index is 480. The molecule has 110 valence electrons. The molecule has 0 bridgehead atoms. The minimum absolute atomic E-state index is 0.0513. The smallest absolute Gasteiger partial charge is 0.310 e. The SMILES string of the molecule is CCOC(=O)C1CCCN(C(=O)c2ccoc2CC)C1. The van der Waals surface area contributed by atoms with Gasteiger partial charge in [-0.2, -0.15) is 0 Å². The molecule has 0 aromatic carbocycles. The molecule has 1 fully saturated rings. The first-order chi connectivity index (χ1) is 9.67. The summed E-state index contributed by atoms with van der Waals surface area (Å²) in [7, 11) is 0. The molecule has 0 saturated carbocycles. The van der Waals surface area contributed by atoms with Crippen molar-refractivity contribution in [2.24, 2.45) is 5.92 Å². The van der Waals surface area contributed by atoms with E-state index in [0.717, 1.165) is 12.8 Å². The number of carbonyl (C=O) groups excluding carboxylic acids is 2. The monoisotopic (exact) mass is 279 g/mol. The van der Waals surface area contributed by atoms with Crippen LogP contribution in [0.25, 0.3) is 0 Å². The lowest BCUT2D eigenvalue weighted by Crippen LogP contribution is -2.43. The molecule has 0 spiro atoms. The average Bonchev–Trinajstić information content (AvgIpc) is 2.95. The maximum Gasteiger partial charge on any atom is 0.310 e. The Balaban J connectivity index is 2.05. The van der Waals surface area contributed by atoms with Crippen LogP contribution >= 0.6 is 0 Å². The van der Waals surface area contributed by atoms with Gasteiger partial charge in [0.2, 0.25) is 0 Å². The number of hydrogen-bond donors (Lipinski definition) is 0. The Hall–Kier alpha value is -1.78. The zero-order valence-corrected chi connectivity index (χ0v) is 12.1. The molecule has 1 aromatic heterocycles. The number of ether oxygens (including phenoxy) is 1. The first-order valence-corrected chi connectivity index (χ1v) is 7.19. The highest BCUT2D eigenvalue weighted by Gasteiger charge is 2.30. The van der Waals surface area contributed by atoms with Crippen LogP contribution in [0.3, 0.4) is 0 Å². The minimum atomic E-state index is -0.204. The van der Waals surface area contributed by atoms with Gasteiger partial charge in [0.1, 0.15) is 5.76 Å². The lowest BCUT2D eigenvalue weighted by molar-refractivity contribution is -0.149. The number of aryl methyl sites for hydroxylation is 1. The van der Waals surface area contributed by atoms with Gasteiger partial charge in [0.25, 0.3) is 5.91 Å². The summed E-state index contributed by atoms with van der Waals surface area (Å²) in [6.45, 7) is 5.25. The number of piperidine rings is 1. The summed E-state index contributed by atoms with van der Waals surface area (Å²) in [5.74, 6) is 0.246. The first-order valence-electron chi connectivity index (χ1n) is 7.19. The van der Waals surface area contributed by atoms with Crippen LogP contribution in [-0.2, 0) is 16.0 Å². The predicted octanol–water partition coefficient (Wildman–Crippen LogP) is 2.26. The van der Waals surface area contributed by atoms with E-state index in [-0.39, 0.29) is 17.8 Å². The van der Waals surface area contributed by atoms with Crippen LogP contribution in [0.2, 0.25) is 0 Å². The standard InChI is InChI=1S/C15H21NO4/c1-3-13-12(7-9-20-13)14(17)16-8-5-6-11(10-16)15(18)19-4-2/h7,9,11H,3-6,8,10H2,1-2H3. The Morgan fingerprint density at radius 3 is 2.95 bits per heavy atom. The third-order valence-electron chi connectivity index (χ3n) is 3.63. The first kappa shape index (κ1) is 14.6. The molecule has 1 unspecified atom stereocenters. The Kier molecular flexibility index (Phi) is 4.82. The summed E-state index contributed by atoms with van der Waals surface area (Å²) >= 11 is 0. The number of carbonyl (C=O) groups is 2. The van der Waals surface area contributed by atoms with Crippen molar-refractivity contribution in [3.63, 3.8) is 0 Å². The number of hydrogen-bond acceptors (Lipinski definition) is 4. The molecule has 1 aromatic rings. The molecule has 1 amide bonds. The van der Waals surface area contributed by atoms with Crippen molar-refractivity contribution in [1.29, 1.82) is 0 Å². The lowest BCUT2D eigenvalue weighted by atomic mass is 9.97. The van der Waals surface area contributed by atoms with Crippen molar-refractivity contribution < 1.29 is 18.7 Å². The van der Waals surface area contributed by atoms with Gasteiger partial charge in [0.05, 0.1) is 24.4 Å². The van der Waals surface area contributed by atoms with Crippen molar-refractivity contribution in [3.8, 4) is 0 Å². The molecule has 2 heterocycles. The fourth-order valence-corrected chi connectivity index (χ4v) is 2.59. The van der Waals surface area contributed by atoms with Crippen LogP contribution < -0.4 is 0 Å². The Morgan fingerprint density at radius 2 is 2.25 bits per heavy atom. The van der Waals surface area contributed by atoms with Gasteiger partial charge >= 0.3 is 5.97 Å². The molecule has 20 heavy (non-hydrogen) atoms. The molecular weight excluding hydrogens is 258 g/mol. The molecule has 0 N–H and O–H groups in total. The molecule has 1 saturated heterocycles. The summed E-state index contributed by atoms with van der Waals surface area (Å²) in [6.07, 6.45) is 3.84. The normalized spacial score (nSPS) is 18.9. The van der Waals surface area contributed by atoms with E-state index in [1.54, 1.807) is 24.2 Å². The largest absolute Gasteiger partial charge is 0.469 e. The van der Waals surface area contributed by atoms with Crippen LogP contribution in [0, 0.1) is 5.92 Å². The number of furan rings is 1. The molecule has 0 radical (unpaired) electrons. The second-order valence-corrected chi connectivity index (χ2v) is 4.95. The average molecular weight is 279 g/mol. The van der Waals surface area contributed by atoms with E-state index in [1.165, 1.54) is 0 Å². The van der Waals surface area contributed by atoms with E-state index in [1.807, 2.05) is 6.92 Å². The fourth-order valence-electron chi connectivity index (χ4n) is 2.59. The van der Waals surface area contributed by atoms with Crippen molar-refractivity contribution >= 4 is 11.9 Å². The van der Waals surface area contributed by atoms with Gasteiger partial charge < -0.3 is 14.1 Å². The lowest BCUT2D eigenvalue weighted by Gasteiger charge is -2.31. The second kappa shape index (κ2) is 6.59. The van der Waals surface area contributed by atoms with Gasteiger partial charge in [0.15, 0.2) is 0 Å². The van der Waals surface area contributed by atoms with Crippen LogP contribution in [0.4, 0.5) is 0 Å². The Labute approximate surface area is 118 Å². The summed E-state index contributed by atoms with van der Waals surface area (Å²) in [6, 6.07) is 1.70. The molecule has 1 atom stereocenters. The van der Waals surface area contributed by atoms with Crippen LogP contribution in [0.15, 0.2) is 16.7 Å². The minimum Gasteiger partial charge on any atom is -0.469 e. The molecule has 5 nitrogen and oxygen atoms in total. The van der Waals surface area contributed by atoms with Crippen LogP contribution in [0.1, 0.15) is 42.8 Å². The summed E-state index contributed by atoms with van der Waals surface area (Å²) in [5.41, 5.74) is 0.608. The van der Waals surface area contributed by atoms with Gasteiger partial charge in [-0.15, -0.1) is 0 Å². The molecule has 1 aliphatic rings. The van der Waals surface area contributed by atoms with E-state index in [2.05, 4.69) is 0 Å². The van der Waals surface area contributed by atoms with Gasteiger partial charge in [-0.25, -0.2) is 0 Å². The zero-order chi connectivity index (χ0) is 14.5. The van der Waals surface area contributed by atoms with E-state index < -0.39 is 0 Å². The van der Waals surface area contributed by atoms with Crippen LogP contribution in [-0.4, -0.2) is 36.5 Å². The number of rotatable bonds is 4. The third kappa shape index (κ3) is 3.03. The summed E-state index contributed by atoms with van der Waals surface area (Å²) < 4.78 is 10.3. The highest BCUT2D eigenvalue weighted by atomic mass is 16.5. The van der Waals surface area contributed by atoms with Crippen molar-refractivity contribution in [2.45, 2.75) is 33.1 Å². The summed E-state index contributed by atoms with van der Waals surface area (Å²) in [4.78, 5) is 26.0. The van der Waals surface area contributed by atoms with E-state index >= 15 is 0 Å². The molecule has 1 aliphatic heterocycles. The van der Waals surface area contributed by atoms with E-state index in [0.29, 0.717) is 37.4 Å². The quantitative estimate of drug-likeness (QED) is 0.793. The Morgan fingerprint density at radius 1 is 1.45 bits per heavy atom. The number of nitrogens with zero attached hydrogens (tertiary/aromatic N) is 1. The summed E-state index contributed by atoms with van der Waals surface area (Å²) in [5, 5.41) is 0. The number of esters is 1. The maximum absolute atomic E-state index is 12.5. The van der Waals surface area contributed by atoms with Gasteiger partial charge in [-0.05, 0) is 25.8 Å². The second-order valence-electron chi connectivity index (χ2n) is 4.95.